The maximum atomic E-state index is 11.8. The number of benzene rings is 1. The van der Waals surface area contributed by atoms with E-state index in [1.54, 1.807) is 24.3 Å². The quantitative estimate of drug-likeness (QED) is 0.888. The Labute approximate surface area is 117 Å². The number of carbonyl (C=O) groups excluding carboxylic acids is 1. The van der Waals surface area contributed by atoms with Crippen LogP contribution in [0, 0.1) is 0 Å². The molecule has 2 rings (SSSR count). The monoisotopic (exact) mass is 326 g/mol. The van der Waals surface area contributed by atoms with Crippen molar-refractivity contribution in [2.24, 2.45) is 0 Å². The number of nitrogens with zero attached hydrogens (tertiary/aromatic N) is 1. The van der Waals surface area contributed by atoms with Gasteiger partial charge in [0.15, 0.2) is 5.69 Å². The van der Waals surface area contributed by atoms with Crippen LogP contribution in [0.15, 0.2) is 41.0 Å². The van der Waals surface area contributed by atoms with E-state index in [9.17, 15) is 9.90 Å². The van der Waals surface area contributed by atoms with Crippen LogP contribution in [0.4, 0.5) is 5.69 Å². The highest BCUT2D eigenvalue weighted by Crippen LogP contribution is 2.26. The normalized spacial score (nSPS) is 10.1. The van der Waals surface area contributed by atoms with E-state index in [4.69, 9.17) is 11.6 Å². The topological polar surface area (TPSA) is 62.2 Å². The summed E-state index contributed by atoms with van der Waals surface area (Å²) in [4.78, 5) is 15.7. The summed E-state index contributed by atoms with van der Waals surface area (Å²) in [6.45, 7) is 0. The Bertz CT molecular complexity index is 604. The molecule has 0 radical (unpaired) electrons. The van der Waals surface area contributed by atoms with Crippen molar-refractivity contribution < 1.29 is 9.90 Å². The molecule has 0 aliphatic heterocycles. The maximum absolute atomic E-state index is 11.8. The Kier molecular flexibility index (Phi) is 3.84. The zero-order valence-corrected chi connectivity index (χ0v) is 11.4. The summed E-state index contributed by atoms with van der Waals surface area (Å²) >= 11 is 9.17. The third-order valence-electron chi connectivity index (χ3n) is 2.18. The fourth-order valence-electron chi connectivity index (χ4n) is 1.34. The molecule has 18 heavy (non-hydrogen) atoms. The number of rotatable bonds is 2. The molecule has 1 aromatic heterocycles. The fraction of sp³-hybridized carbons (Fsp3) is 0. The van der Waals surface area contributed by atoms with Gasteiger partial charge in [-0.1, -0.05) is 11.6 Å². The summed E-state index contributed by atoms with van der Waals surface area (Å²) < 4.78 is 0.739. The van der Waals surface area contributed by atoms with Crippen LogP contribution in [0.1, 0.15) is 10.5 Å². The summed E-state index contributed by atoms with van der Waals surface area (Å²) in [5.41, 5.74) is 0.495. The van der Waals surface area contributed by atoms with Crippen LogP contribution in [0.25, 0.3) is 0 Å². The van der Waals surface area contributed by atoms with Crippen LogP contribution in [0.2, 0.25) is 5.02 Å². The summed E-state index contributed by atoms with van der Waals surface area (Å²) in [5.74, 6) is -0.662. The van der Waals surface area contributed by atoms with Crippen molar-refractivity contribution in [1.82, 2.24) is 4.98 Å². The maximum Gasteiger partial charge on any atom is 0.278 e. The van der Waals surface area contributed by atoms with Gasteiger partial charge in [-0.3, -0.25) is 4.79 Å². The van der Waals surface area contributed by atoms with Gasteiger partial charge < -0.3 is 10.4 Å². The minimum atomic E-state index is -0.494. The molecule has 0 aliphatic carbocycles. The molecule has 92 valence electrons. The van der Waals surface area contributed by atoms with Crippen molar-refractivity contribution in [2.45, 2.75) is 0 Å². The van der Waals surface area contributed by atoms with Crippen LogP contribution in [0.3, 0.4) is 0 Å². The Morgan fingerprint density at radius 2 is 2.17 bits per heavy atom. The van der Waals surface area contributed by atoms with Crippen LogP contribution < -0.4 is 5.32 Å². The molecule has 2 N–H and O–H groups in total. The van der Waals surface area contributed by atoms with E-state index in [0.717, 1.165) is 4.47 Å². The number of hydrogen-bond donors (Lipinski definition) is 2. The van der Waals surface area contributed by atoms with E-state index in [2.05, 4.69) is 26.2 Å². The molecule has 1 amide bonds. The fourth-order valence-corrected chi connectivity index (χ4v) is 1.76. The van der Waals surface area contributed by atoms with Gasteiger partial charge in [0.25, 0.3) is 5.91 Å². The lowest BCUT2D eigenvalue weighted by Crippen LogP contribution is -2.13. The van der Waals surface area contributed by atoms with Gasteiger partial charge in [0.2, 0.25) is 0 Å². The Morgan fingerprint density at radius 3 is 2.83 bits per heavy atom. The number of carbonyl (C=O) groups is 1. The number of halogens is 2. The van der Waals surface area contributed by atoms with Crippen LogP contribution in [0.5, 0.6) is 5.75 Å². The molecule has 1 aromatic carbocycles. The van der Waals surface area contributed by atoms with Gasteiger partial charge >= 0.3 is 0 Å². The first kappa shape index (κ1) is 12.9. The van der Waals surface area contributed by atoms with Gasteiger partial charge in [-0.2, -0.15) is 0 Å². The number of aromatic nitrogens is 1. The molecule has 0 spiro atoms. The number of hydrogen-bond acceptors (Lipinski definition) is 3. The second-order valence-electron chi connectivity index (χ2n) is 3.45. The number of amides is 1. The first-order valence-electron chi connectivity index (χ1n) is 4.98. The van der Waals surface area contributed by atoms with Crippen LogP contribution in [-0.2, 0) is 0 Å². The molecular weight excluding hydrogens is 320 g/mol. The van der Waals surface area contributed by atoms with Gasteiger partial charge in [0.1, 0.15) is 5.75 Å². The molecule has 0 unspecified atom stereocenters. The minimum Gasteiger partial charge on any atom is -0.505 e. The lowest BCUT2D eigenvalue weighted by Gasteiger charge is -2.06. The van der Waals surface area contributed by atoms with Crippen molar-refractivity contribution >= 4 is 39.1 Å². The summed E-state index contributed by atoms with van der Waals surface area (Å²) in [5, 5.41) is 12.6. The molecule has 0 fully saturated rings. The van der Waals surface area contributed by atoms with Gasteiger partial charge in [-0.05, 0) is 46.3 Å². The molecule has 4 nitrogen and oxygen atoms in total. The molecule has 0 atom stereocenters. The Balaban J connectivity index is 2.22. The first-order chi connectivity index (χ1) is 8.58. The van der Waals surface area contributed by atoms with Gasteiger partial charge in [0.05, 0.1) is 5.02 Å². The van der Waals surface area contributed by atoms with Gasteiger partial charge in [-0.25, -0.2) is 4.98 Å². The van der Waals surface area contributed by atoms with Crippen molar-refractivity contribution in [3.05, 3.63) is 51.7 Å². The second kappa shape index (κ2) is 5.37. The second-order valence-corrected chi connectivity index (χ2v) is 4.72. The average molecular weight is 328 g/mol. The van der Waals surface area contributed by atoms with E-state index >= 15 is 0 Å². The largest absolute Gasteiger partial charge is 0.505 e. The number of nitrogens with one attached hydrogen (secondary N) is 1. The standard InChI is InChI=1S/C12H8BrClN2O2/c13-8-4-3-7(6-9(8)14)16-12(18)11-10(17)2-1-5-15-11/h1-6,17H,(H,16,18). The molecule has 0 bridgehead atoms. The Hall–Kier alpha value is -1.59. The van der Waals surface area contributed by atoms with E-state index < -0.39 is 5.91 Å². The van der Waals surface area contributed by atoms with Crippen molar-refractivity contribution in [2.75, 3.05) is 5.32 Å². The Morgan fingerprint density at radius 1 is 1.39 bits per heavy atom. The highest BCUT2D eigenvalue weighted by Gasteiger charge is 2.12. The molecule has 0 aliphatic rings. The average Bonchev–Trinajstić information content (AvgIpc) is 2.34. The van der Waals surface area contributed by atoms with Crippen molar-refractivity contribution in [3.63, 3.8) is 0 Å². The molecule has 6 heteroatoms. The third-order valence-corrected chi connectivity index (χ3v) is 3.41. The predicted molar refractivity (Wildman–Crippen MR) is 73.0 cm³/mol. The lowest BCUT2D eigenvalue weighted by atomic mass is 10.2. The van der Waals surface area contributed by atoms with E-state index in [1.165, 1.54) is 12.3 Å². The number of pyridine rings is 1. The minimum absolute atomic E-state index is 0.0310. The zero-order chi connectivity index (χ0) is 13.1. The molecule has 0 saturated heterocycles. The number of anilines is 1. The van der Waals surface area contributed by atoms with Gasteiger partial charge in [-0.15, -0.1) is 0 Å². The third kappa shape index (κ3) is 2.80. The first-order valence-corrected chi connectivity index (χ1v) is 6.15. The summed E-state index contributed by atoms with van der Waals surface area (Å²) in [6.07, 6.45) is 1.43. The highest BCUT2D eigenvalue weighted by atomic mass is 79.9. The van der Waals surface area contributed by atoms with Gasteiger partial charge in [0, 0.05) is 16.4 Å². The molecule has 2 aromatic rings. The van der Waals surface area contributed by atoms with Crippen molar-refractivity contribution in [1.29, 1.82) is 0 Å². The molecule has 1 heterocycles. The predicted octanol–water partition coefficient (Wildman–Crippen LogP) is 3.46. The summed E-state index contributed by atoms with van der Waals surface area (Å²) in [6, 6.07) is 7.95. The van der Waals surface area contributed by atoms with E-state index in [-0.39, 0.29) is 11.4 Å². The zero-order valence-electron chi connectivity index (χ0n) is 9.02. The number of aromatic hydroxyl groups is 1. The van der Waals surface area contributed by atoms with E-state index in [1.807, 2.05) is 0 Å². The van der Waals surface area contributed by atoms with Crippen molar-refractivity contribution in [3.8, 4) is 5.75 Å². The lowest BCUT2D eigenvalue weighted by molar-refractivity contribution is 0.101. The molecule has 0 saturated carbocycles. The molecular formula is C12H8BrClN2O2. The summed E-state index contributed by atoms with van der Waals surface area (Å²) in [7, 11) is 0. The van der Waals surface area contributed by atoms with Crippen LogP contribution in [-0.4, -0.2) is 16.0 Å². The highest BCUT2D eigenvalue weighted by molar-refractivity contribution is 9.10. The SMILES string of the molecule is O=C(Nc1ccc(Br)c(Cl)c1)c1ncccc1O. The van der Waals surface area contributed by atoms with E-state index in [0.29, 0.717) is 10.7 Å². The smallest absolute Gasteiger partial charge is 0.278 e. The van der Waals surface area contributed by atoms with Crippen LogP contribution >= 0.6 is 27.5 Å².